The molecule has 5 heteroatoms. The molecule has 3 rings (SSSR count). The zero-order valence-electron chi connectivity index (χ0n) is 14.0. The zero-order chi connectivity index (χ0) is 16.9. The maximum absolute atomic E-state index is 12.6. The number of piperidine rings is 1. The summed E-state index contributed by atoms with van der Waals surface area (Å²) >= 11 is 0. The number of carbonyl (C=O) groups is 1. The van der Waals surface area contributed by atoms with Crippen LogP contribution >= 0.6 is 0 Å². The molecule has 0 bridgehead atoms. The van der Waals surface area contributed by atoms with Crippen LogP contribution in [0.5, 0.6) is 0 Å². The molecular formula is C19H25N3O2. The molecule has 1 aromatic carbocycles. The van der Waals surface area contributed by atoms with Gasteiger partial charge in [0.1, 0.15) is 6.04 Å². The second kappa shape index (κ2) is 7.78. The van der Waals surface area contributed by atoms with E-state index in [4.69, 9.17) is 0 Å². The van der Waals surface area contributed by atoms with Crippen LogP contribution in [-0.2, 0) is 4.79 Å². The molecule has 0 saturated carbocycles. The number of carbonyl (C=O) groups excluding carboxylic acids is 1. The van der Waals surface area contributed by atoms with Gasteiger partial charge in [-0.2, -0.15) is 5.26 Å². The van der Waals surface area contributed by atoms with Crippen LogP contribution < -0.4 is 0 Å². The molecule has 2 fully saturated rings. The van der Waals surface area contributed by atoms with Gasteiger partial charge in [-0.3, -0.25) is 4.79 Å². The maximum Gasteiger partial charge on any atom is 0.225 e. The first kappa shape index (κ1) is 16.9. The van der Waals surface area contributed by atoms with Gasteiger partial charge in [0, 0.05) is 18.9 Å². The predicted molar refractivity (Wildman–Crippen MR) is 91.2 cm³/mol. The van der Waals surface area contributed by atoms with E-state index < -0.39 is 6.04 Å². The van der Waals surface area contributed by atoms with Gasteiger partial charge in [-0.15, -0.1) is 0 Å². The van der Waals surface area contributed by atoms with E-state index in [9.17, 15) is 15.2 Å². The van der Waals surface area contributed by atoms with Gasteiger partial charge in [-0.25, -0.2) is 0 Å². The lowest BCUT2D eigenvalue weighted by atomic mass is 9.75. The molecule has 1 N–H and O–H groups in total. The van der Waals surface area contributed by atoms with Gasteiger partial charge in [0.15, 0.2) is 0 Å². The minimum absolute atomic E-state index is 0.0154. The number of nitriles is 1. The molecule has 3 atom stereocenters. The van der Waals surface area contributed by atoms with Crippen molar-refractivity contribution in [2.75, 3.05) is 26.2 Å². The van der Waals surface area contributed by atoms with Crippen molar-refractivity contribution < 1.29 is 9.90 Å². The highest BCUT2D eigenvalue weighted by molar-refractivity contribution is 5.79. The fourth-order valence-electron chi connectivity index (χ4n) is 3.99. The lowest BCUT2D eigenvalue weighted by Crippen LogP contribution is -2.65. The third kappa shape index (κ3) is 3.31. The number of rotatable bonds is 5. The van der Waals surface area contributed by atoms with E-state index in [2.05, 4.69) is 11.0 Å². The maximum atomic E-state index is 12.6. The fraction of sp³-hybridized carbons (Fsp3) is 0.579. The van der Waals surface area contributed by atoms with Gasteiger partial charge in [0.05, 0.1) is 18.7 Å². The van der Waals surface area contributed by atoms with Crippen molar-refractivity contribution in [1.82, 2.24) is 9.80 Å². The molecule has 2 aliphatic rings. The molecule has 128 valence electrons. The van der Waals surface area contributed by atoms with Crippen LogP contribution in [-0.4, -0.2) is 59.1 Å². The van der Waals surface area contributed by atoms with Crippen LogP contribution in [0.3, 0.4) is 0 Å². The Hall–Kier alpha value is -1.90. The van der Waals surface area contributed by atoms with E-state index >= 15 is 0 Å². The van der Waals surface area contributed by atoms with Crippen molar-refractivity contribution in [3.8, 4) is 6.07 Å². The van der Waals surface area contributed by atoms with Gasteiger partial charge >= 0.3 is 0 Å². The third-order valence-corrected chi connectivity index (χ3v) is 5.29. The average Bonchev–Trinajstić information content (AvgIpc) is 2.61. The molecule has 1 aromatic rings. The standard InChI is InChI=1S/C19H25N3O2/c20-13-16-19(15-7-3-1-4-8-15)17(14-23)22(16)18(24)9-12-21-10-5-2-6-11-21/h1,3-4,7-8,16-17,19,23H,2,5-6,9-12,14H2/t16-,17+,19-/m0/s1. The number of aliphatic hydroxyl groups is 1. The summed E-state index contributed by atoms with van der Waals surface area (Å²) in [7, 11) is 0. The number of aliphatic hydroxyl groups excluding tert-OH is 1. The summed E-state index contributed by atoms with van der Waals surface area (Å²) in [6.45, 7) is 2.77. The van der Waals surface area contributed by atoms with Gasteiger partial charge in [-0.05, 0) is 31.5 Å². The monoisotopic (exact) mass is 327 g/mol. The largest absolute Gasteiger partial charge is 0.394 e. The van der Waals surface area contributed by atoms with Gasteiger partial charge in [0.2, 0.25) is 5.91 Å². The minimum Gasteiger partial charge on any atom is -0.394 e. The van der Waals surface area contributed by atoms with Crippen LogP contribution in [0.1, 0.15) is 37.2 Å². The second-order valence-electron chi connectivity index (χ2n) is 6.71. The second-order valence-corrected chi connectivity index (χ2v) is 6.71. The number of likely N-dealkylation sites (tertiary alicyclic amines) is 2. The molecule has 2 heterocycles. The van der Waals surface area contributed by atoms with Crippen molar-refractivity contribution in [2.24, 2.45) is 0 Å². The highest BCUT2D eigenvalue weighted by Crippen LogP contribution is 2.40. The Morgan fingerprint density at radius 3 is 2.54 bits per heavy atom. The zero-order valence-corrected chi connectivity index (χ0v) is 14.0. The molecule has 24 heavy (non-hydrogen) atoms. The number of amides is 1. The summed E-state index contributed by atoms with van der Waals surface area (Å²) in [6.07, 6.45) is 4.11. The lowest BCUT2D eigenvalue weighted by Gasteiger charge is -2.51. The van der Waals surface area contributed by atoms with Crippen LogP contribution in [0.25, 0.3) is 0 Å². The highest BCUT2D eigenvalue weighted by atomic mass is 16.3. The topological polar surface area (TPSA) is 67.6 Å². The van der Waals surface area contributed by atoms with Gasteiger partial charge < -0.3 is 14.9 Å². The Bertz CT molecular complexity index is 592. The summed E-state index contributed by atoms with van der Waals surface area (Å²) in [5.74, 6) is -0.113. The first-order valence-corrected chi connectivity index (χ1v) is 8.85. The van der Waals surface area contributed by atoms with E-state index in [0.717, 1.165) is 25.2 Å². The lowest BCUT2D eigenvalue weighted by molar-refractivity contribution is -0.147. The normalized spacial score (nSPS) is 27.3. The number of hydrogen-bond acceptors (Lipinski definition) is 4. The van der Waals surface area contributed by atoms with Crippen LogP contribution in [0.15, 0.2) is 30.3 Å². The smallest absolute Gasteiger partial charge is 0.225 e. The summed E-state index contributed by atoms with van der Waals surface area (Å²) < 4.78 is 0. The molecule has 5 nitrogen and oxygen atoms in total. The van der Waals surface area contributed by atoms with Crippen molar-refractivity contribution in [3.63, 3.8) is 0 Å². The molecule has 2 aliphatic heterocycles. The quantitative estimate of drug-likeness (QED) is 0.894. The number of nitrogens with zero attached hydrogens (tertiary/aromatic N) is 3. The molecule has 0 aliphatic carbocycles. The van der Waals surface area contributed by atoms with Crippen molar-refractivity contribution in [2.45, 2.75) is 43.7 Å². The SMILES string of the molecule is N#C[C@H]1[C@H](c2ccccc2)[C@@H](CO)N1C(=O)CCN1CCCCC1. The molecule has 1 amide bonds. The number of hydrogen-bond donors (Lipinski definition) is 1. The molecule has 0 radical (unpaired) electrons. The third-order valence-electron chi connectivity index (χ3n) is 5.29. The summed E-state index contributed by atoms with van der Waals surface area (Å²) in [5.41, 5.74) is 1.02. The van der Waals surface area contributed by atoms with Gasteiger partial charge in [0.25, 0.3) is 0 Å². The highest BCUT2D eigenvalue weighted by Gasteiger charge is 2.51. The fourth-order valence-corrected chi connectivity index (χ4v) is 3.99. The Kier molecular flexibility index (Phi) is 5.49. The molecular weight excluding hydrogens is 302 g/mol. The van der Waals surface area contributed by atoms with E-state index in [0.29, 0.717) is 6.42 Å². The Labute approximate surface area is 143 Å². The molecule has 0 spiro atoms. The van der Waals surface area contributed by atoms with E-state index in [1.54, 1.807) is 4.90 Å². The van der Waals surface area contributed by atoms with E-state index in [1.165, 1.54) is 19.3 Å². The van der Waals surface area contributed by atoms with Crippen molar-refractivity contribution >= 4 is 5.91 Å². The van der Waals surface area contributed by atoms with Crippen LogP contribution in [0.2, 0.25) is 0 Å². The van der Waals surface area contributed by atoms with Crippen molar-refractivity contribution in [3.05, 3.63) is 35.9 Å². The Balaban J connectivity index is 1.64. The summed E-state index contributed by atoms with van der Waals surface area (Å²) in [5, 5.41) is 19.3. The summed E-state index contributed by atoms with van der Waals surface area (Å²) in [6, 6.07) is 11.2. The average molecular weight is 327 g/mol. The molecule has 0 unspecified atom stereocenters. The van der Waals surface area contributed by atoms with Gasteiger partial charge in [-0.1, -0.05) is 36.8 Å². The van der Waals surface area contributed by atoms with Crippen LogP contribution in [0.4, 0.5) is 0 Å². The van der Waals surface area contributed by atoms with E-state index in [-0.39, 0.29) is 24.5 Å². The number of benzene rings is 1. The van der Waals surface area contributed by atoms with Crippen LogP contribution in [0, 0.1) is 11.3 Å². The van der Waals surface area contributed by atoms with Crippen molar-refractivity contribution in [1.29, 1.82) is 5.26 Å². The Morgan fingerprint density at radius 2 is 1.92 bits per heavy atom. The summed E-state index contributed by atoms with van der Waals surface area (Å²) in [4.78, 5) is 16.5. The Morgan fingerprint density at radius 1 is 1.21 bits per heavy atom. The first-order chi connectivity index (χ1) is 11.8. The predicted octanol–water partition coefficient (Wildman–Crippen LogP) is 1.74. The molecule has 0 aromatic heterocycles. The first-order valence-electron chi connectivity index (χ1n) is 8.85. The molecule has 2 saturated heterocycles. The minimum atomic E-state index is -0.474. The van der Waals surface area contributed by atoms with E-state index in [1.807, 2.05) is 30.3 Å².